The minimum atomic E-state index is -0.389. The first-order valence-electron chi connectivity index (χ1n) is 6.19. The molecule has 0 bridgehead atoms. The van der Waals surface area contributed by atoms with Crippen LogP contribution < -0.4 is 10.5 Å². The van der Waals surface area contributed by atoms with Crippen LogP contribution in [0.25, 0.3) is 0 Å². The molecule has 0 saturated heterocycles. The molecule has 2 aromatic rings. The molecule has 0 aliphatic rings. The number of nitriles is 1. The van der Waals surface area contributed by atoms with Crippen LogP contribution >= 0.6 is 0 Å². The molecule has 0 radical (unpaired) electrons. The standard InChI is InChI=1S/C16H12FN3O/c17-14-3-4-16(13(9-14)2-1-6-18)21-11-12-5-7-20-15(8-12)10-19/h3-5,7-9H,6,11,18H2. The van der Waals surface area contributed by atoms with Crippen LogP contribution in [0.1, 0.15) is 16.8 Å². The van der Waals surface area contributed by atoms with Crippen molar-refractivity contribution in [3.8, 4) is 23.7 Å². The number of pyridine rings is 1. The Morgan fingerprint density at radius 1 is 1.29 bits per heavy atom. The number of benzene rings is 1. The van der Waals surface area contributed by atoms with Gasteiger partial charge in [0.15, 0.2) is 0 Å². The van der Waals surface area contributed by atoms with Gasteiger partial charge in [-0.05, 0) is 35.9 Å². The van der Waals surface area contributed by atoms with Gasteiger partial charge in [-0.2, -0.15) is 5.26 Å². The number of hydrogen-bond acceptors (Lipinski definition) is 4. The highest BCUT2D eigenvalue weighted by Crippen LogP contribution is 2.20. The third-order valence-electron chi connectivity index (χ3n) is 2.60. The molecule has 0 aliphatic carbocycles. The molecule has 0 spiro atoms. The summed E-state index contributed by atoms with van der Waals surface area (Å²) in [6.45, 7) is 0.423. The SMILES string of the molecule is N#Cc1cc(COc2ccc(F)cc2C#CCN)ccn1. The first-order chi connectivity index (χ1) is 10.2. The Kier molecular flexibility index (Phi) is 4.87. The van der Waals surface area contributed by atoms with E-state index in [0.717, 1.165) is 5.56 Å². The molecule has 1 aromatic heterocycles. The number of aromatic nitrogens is 1. The van der Waals surface area contributed by atoms with Crippen molar-refractivity contribution in [2.45, 2.75) is 6.61 Å². The van der Waals surface area contributed by atoms with Crippen LogP contribution in [-0.4, -0.2) is 11.5 Å². The maximum Gasteiger partial charge on any atom is 0.140 e. The van der Waals surface area contributed by atoms with Crippen molar-refractivity contribution in [2.24, 2.45) is 5.73 Å². The van der Waals surface area contributed by atoms with Crippen molar-refractivity contribution in [2.75, 3.05) is 6.54 Å². The van der Waals surface area contributed by atoms with Crippen LogP contribution in [0.15, 0.2) is 36.5 Å². The first-order valence-corrected chi connectivity index (χ1v) is 6.19. The van der Waals surface area contributed by atoms with Gasteiger partial charge in [-0.1, -0.05) is 11.8 Å². The number of rotatable bonds is 3. The number of halogens is 1. The average molecular weight is 281 g/mol. The molecule has 0 aliphatic heterocycles. The van der Waals surface area contributed by atoms with E-state index in [2.05, 4.69) is 16.8 Å². The van der Waals surface area contributed by atoms with Gasteiger partial charge in [0.1, 0.15) is 29.9 Å². The van der Waals surface area contributed by atoms with Gasteiger partial charge in [0, 0.05) is 6.20 Å². The Bertz CT molecular complexity index is 741. The maximum absolute atomic E-state index is 13.2. The number of hydrogen-bond donors (Lipinski definition) is 1. The summed E-state index contributed by atoms with van der Waals surface area (Å²) in [5.41, 5.74) is 6.87. The second-order valence-electron chi connectivity index (χ2n) is 4.10. The fourth-order valence-electron chi connectivity index (χ4n) is 1.66. The molecule has 1 heterocycles. The molecule has 1 aromatic carbocycles. The van der Waals surface area contributed by atoms with Crippen LogP contribution in [0.2, 0.25) is 0 Å². The fourth-order valence-corrected chi connectivity index (χ4v) is 1.66. The maximum atomic E-state index is 13.2. The smallest absolute Gasteiger partial charge is 0.140 e. The summed E-state index contributed by atoms with van der Waals surface area (Å²) in [4.78, 5) is 3.88. The van der Waals surface area contributed by atoms with Crippen LogP contribution in [0.3, 0.4) is 0 Å². The Labute approximate surface area is 122 Å². The lowest BCUT2D eigenvalue weighted by atomic mass is 10.2. The van der Waals surface area contributed by atoms with E-state index in [9.17, 15) is 4.39 Å². The fraction of sp³-hybridized carbons (Fsp3) is 0.125. The van der Waals surface area contributed by atoms with Gasteiger partial charge in [-0.15, -0.1) is 0 Å². The minimum absolute atomic E-state index is 0.186. The molecule has 21 heavy (non-hydrogen) atoms. The lowest BCUT2D eigenvalue weighted by molar-refractivity contribution is 0.304. The second kappa shape index (κ2) is 7.04. The monoisotopic (exact) mass is 281 g/mol. The van der Waals surface area contributed by atoms with Gasteiger partial charge in [0.05, 0.1) is 12.1 Å². The Morgan fingerprint density at radius 2 is 2.14 bits per heavy atom. The van der Waals surface area contributed by atoms with E-state index in [4.69, 9.17) is 15.7 Å². The van der Waals surface area contributed by atoms with E-state index in [0.29, 0.717) is 17.0 Å². The van der Waals surface area contributed by atoms with Crippen molar-refractivity contribution in [3.05, 3.63) is 59.2 Å². The van der Waals surface area contributed by atoms with Crippen molar-refractivity contribution in [1.29, 1.82) is 5.26 Å². The Balaban J connectivity index is 2.18. The van der Waals surface area contributed by atoms with Crippen molar-refractivity contribution in [1.82, 2.24) is 4.98 Å². The lowest BCUT2D eigenvalue weighted by Gasteiger charge is -2.08. The van der Waals surface area contributed by atoms with Gasteiger partial charge in [0.2, 0.25) is 0 Å². The largest absolute Gasteiger partial charge is 0.488 e. The van der Waals surface area contributed by atoms with Crippen molar-refractivity contribution < 1.29 is 9.13 Å². The molecule has 4 nitrogen and oxygen atoms in total. The second-order valence-corrected chi connectivity index (χ2v) is 4.10. The summed E-state index contributed by atoms with van der Waals surface area (Å²) in [7, 11) is 0. The Morgan fingerprint density at radius 3 is 2.90 bits per heavy atom. The van der Waals surface area contributed by atoms with E-state index >= 15 is 0 Å². The molecule has 2 rings (SSSR count). The third-order valence-corrected chi connectivity index (χ3v) is 2.60. The highest BCUT2D eigenvalue weighted by molar-refractivity contribution is 5.46. The molecule has 2 N–H and O–H groups in total. The normalized spacial score (nSPS) is 9.38. The summed E-state index contributed by atoms with van der Waals surface area (Å²) in [6.07, 6.45) is 1.54. The zero-order chi connectivity index (χ0) is 15.1. The summed E-state index contributed by atoms with van der Waals surface area (Å²) in [5.74, 6) is 5.51. The summed E-state index contributed by atoms with van der Waals surface area (Å²) in [6, 6.07) is 9.45. The number of nitrogens with two attached hydrogens (primary N) is 1. The van der Waals surface area contributed by atoms with E-state index in [-0.39, 0.29) is 19.0 Å². The predicted molar refractivity (Wildman–Crippen MR) is 75.6 cm³/mol. The molecular weight excluding hydrogens is 269 g/mol. The molecule has 0 amide bonds. The molecule has 0 saturated carbocycles. The number of nitrogens with zero attached hydrogens (tertiary/aromatic N) is 2. The van der Waals surface area contributed by atoms with Crippen LogP contribution in [0.4, 0.5) is 4.39 Å². The topological polar surface area (TPSA) is 71.9 Å². The van der Waals surface area contributed by atoms with Gasteiger partial charge >= 0.3 is 0 Å². The Hall–Kier alpha value is -2.89. The lowest BCUT2D eigenvalue weighted by Crippen LogP contribution is -1.99. The van der Waals surface area contributed by atoms with Crippen LogP contribution in [0, 0.1) is 29.0 Å². The van der Waals surface area contributed by atoms with Gasteiger partial charge in [-0.3, -0.25) is 0 Å². The van der Waals surface area contributed by atoms with E-state index in [1.165, 1.54) is 24.4 Å². The van der Waals surface area contributed by atoms with Crippen molar-refractivity contribution >= 4 is 0 Å². The highest BCUT2D eigenvalue weighted by atomic mass is 19.1. The molecule has 5 heteroatoms. The predicted octanol–water partition coefficient (Wildman–Crippen LogP) is 1.98. The van der Waals surface area contributed by atoms with E-state index in [1.54, 1.807) is 12.1 Å². The molecule has 0 unspecified atom stereocenters. The van der Waals surface area contributed by atoms with Crippen molar-refractivity contribution in [3.63, 3.8) is 0 Å². The summed E-state index contributed by atoms with van der Waals surface area (Å²) >= 11 is 0. The van der Waals surface area contributed by atoms with Crippen LogP contribution in [-0.2, 0) is 6.61 Å². The zero-order valence-corrected chi connectivity index (χ0v) is 11.1. The van der Waals surface area contributed by atoms with Gasteiger partial charge < -0.3 is 10.5 Å². The molecule has 104 valence electrons. The van der Waals surface area contributed by atoms with E-state index < -0.39 is 0 Å². The average Bonchev–Trinajstić information content (AvgIpc) is 2.52. The highest BCUT2D eigenvalue weighted by Gasteiger charge is 2.04. The molecular formula is C16H12FN3O. The third kappa shape index (κ3) is 4.04. The minimum Gasteiger partial charge on any atom is -0.488 e. The summed E-state index contributed by atoms with van der Waals surface area (Å²) < 4.78 is 18.9. The van der Waals surface area contributed by atoms with Gasteiger partial charge in [0.25, 0.3) is 0 Å². The zero-order valence-electron chi connectivity index (χ0n) is 11.1. The van der Waals surface area contributed by atoms with E-state index in [1.807, 2.05) is 6.07 Å². The van der Waals surface area contributed by atoms with Gasteiger partial charge in [-0.25, -0.2) is 9.37 Å². The first kappa shape index (κ1) is 14.5. The van der Waals surface area contributed by atoms with Crippen LogP contribution in [0.5, 0.6) is 5.75 Å². The molecule has 0 fully saturated rings. The summed E-state index contributed by atoms with van der Waals surface area (Å²) in [5, 5.41) is 8.79. The quantitative estimate of drug-likeness (QED) is 0.873. The molecule has 0 atom stereocenters. The number of ether oxygens (including phenoxy) is 1.